The lowest BCUT2D eigenvalue weighted by Gasteiger charge is -2.11. The lowest BCUT2D eigenvalue weighted by molar-refractivity contribution is -0.124. The molecule has 1 fully saturated rings. The second-order valence-electron chi connectivity index (χ2n) is 6.77. The zero-order valence-electron chi connectivity index (χ0n) is 16.1. The van der Waals surface area contributed by atoms with Crippen LogP contribution in [0, 0.1) is 5.82 Å². The molecule has 1 N–H and O–H groups in total. The first kappa shape index (κ1) is 20.8. The van der Waals surface area contributed by atoms with Crippen LogP contribution < -0.4 is 10.1 Å². The quantitative estimate of drug-likeness (QED) is 0.654. The summed E-state index contributed by atoms with van der Waals surface area (Å²) in [5, 5.41) is 2.66. The van der Waals surface area contributed by atoms with Crippen molar-refractivity contribution < 1.29 is 28.2 Å². The van der Waals surface area contributed by atoms with E-state index >= 15 is 0 Å². The molecule has 0 bridgehead atoms. The molecular formula is C22H24FNO5. The molecule has 29 heavy (non-hydrogen) atoms. The zero-order valence-corrected chi connectivity index (χ0v) is 16.1. The minimum absolute atomic E-state index is 0.126. The molecule has 154 valence electrons. The molecule has 6 nitrogen and oxygen atoms in total. The smallest absolute Gasteiger partial charge is 0.338 e. The molecule has 0 radical (unpaired) electrons. The fourth-order valence-corrected chi connectivity index (χ4v) is 2.91. The van der Waals surface area contributed by atoms with E-state index in [1.165, 1.54) is 12.1 Å². The zero-order chi connectivity index (χ0) is 20.5. The number of ether oxygens (including phenoxy) is 3. The van der Waals surface area contributed by atoms with Crippen LogP contribution in [0.4, 0.5) is 4.39 Å². The molecule has 0 aromatic heterocycles. The molecule has 0 saturated carbocycles. The van der Waals surface area contributed by atoms with Crippen molar-refractivity contribution in [2.24, 2.45) is 0 Å². The van der Waals surface area contributed by atoms with Crippen LogP contribution in [0.25, 0.3) is 0 Å². The van der Waals surface area contributed by atoms with Crippen molar-refractivity contribution in [3.63, 3.8) is 0 Å². The predicted octanol–water partition coefficient (Wildman–Crippen LogP) is 2.90. The third kappa shape index (κ3) is 6.87. The van der Waals surface area contributed by atoms with Crippen molar-refractivity contribution in [1.29, 1.82) is 0 Å². The second-order valence-corrected chi connectivity index (χ2v) is 6.77. The fraction of sp³-hybridized carbons (Fsp3) is 0.364. The molecule has 0 spiro atoms. The summed E-state index contributed by atoms with van der Waals surface area (Å²) in [5.74, 6) is -0.621. The average molecular weight is 401 g/mol. The van der Waals surface area contributed by atoms with Gasteiger partial charge < -0.3 is 19.5 Å². The number of rotatable bonds is 9. The number of esters is 1. The minimum Gasteiger partial charge on any atom is -0.491 e. The predicted molar refractivity (Wildman–Crippen MR) is 104 cm³/mol. The Morgan fingerprint density at radius 3 is 2.55 bits per heavy atom. The first-order valence-electron chi connectivity index (χ1n) is 9.63. The maximum absolute atomic E-state index is 12.8. The third-order valence-electron chi connectivity index (χ3n) is 4.53. The molecule has 1 heterocycles. The van der Waals surface area contributed by atoms with Crippen molar-refractivity contribution in [2.75, 3.05) is 26.4 Å². The van der Waals surface area contributed by atoms with Gasteiger partial charge in [-0.3, -0.25) is 4.79 Å². The average Bonchev–Trinajstić information content (AvgIpc) is 3.26. The van der Waals surface area contributed by atoms with Gasteiger partial charge in [0, 0.05) is 13.2 Å². The van der Waals surface area contributed by atoms with Crippen LogP contribution in [0.2, 0.25) is 0 Å². The Morgan fingerprint density at radius 2 is 1.86 bits per heavy atom. The van der Waals surface area contributed by atoms with E-state index in [1.54, 1.807) is 36.4 Å². The summed E-state index contributed by atoms with van der Waals surface area (Å²) in [6.07, 6.45) is 2.74. The monoisotopic (exact) mass is 401 g/mol. The number of carbonyl (C=O) groups is 2. The highest BCUT2D eigenvalue weighted by Crippen LogP contribution is 2.17. The van der Waals surface area contributed by atoms with Crippen LogP contribution in [0.3, 0.4) is 0 Å². The molecule has 1 aliphatic rings. The van der Waals surface area contributed by atoms with Crippen LogP contribution in [0.1, 0.15) is 28.8 Å². The van der Waals surface area contributed by atoms with Crippen LogP contribution in [-0.2, 0) is 20.7 Å². The van der Waals surface area contributed by atoms with E-state index in [0.717, 1.165) is 25.0 Å². The number of amides is 1. The highest BCUT2D eigenvalue weighted by molar-refractivity contribution is 5.91. The van der Waals surface area contributed by atoms with Gasteiger partial charge in [-0.25, -0.2) is 9.18 Å². The van der Waals surface area contributed by atoms with Gasteiger partial charge in [0.1, 0.15) is 18.2 Å². The fourth-order valence-electron chi connectivity index (χ4n) is 2.91. The first-order chi connectivity index (χ1) is 14.1. The van der Waals surface area contributed by atoms with Gasteiger partial charge in [0.05, 0.1) is 11.7 Å². The maximum Gasteiger partial charge on any atom is 0.338 e. The van der Waals surface area contributed by atoms with E-state index in [1.807, 2.05) is 0 Å². The molecule has 3 rings (SSSR count). The van der Waals surface area contributed by atoms with Crippen LogP contribution >= 0.6 is 0 Å². The number of carbonyl (C=O) groups excluding carboxylic acids is 2. The summed E-state index contributed by atoms with van der Waals surface area (Å²) < 4.78 is 29.0. The molecule has 1 atom stereocenters. The SMILES string of the molecule is O=C(COC(=O)c1ccc(OC[C@@H]2CCCO2)cc1)NCCc1ccc(F)cc1. The molecule has 0 unspecified atom stereocenters. The highest BCUT2D eigenvalue weighted by atomic mass is 19.1. The van der Waals surface area contributed by atoms with E-state index in [9.17, 15) is 14.0 Å². The maximum atomic E-state index is 12.8. The molecular weight excluding hydrogens is 377 g/mol. The lowest BCUT2D eigenvalue weighted by Crippen LogP contribution is -2.30. The summed E-state index contributed by atoms with van der Waals surface area (Å²) in [7, 11) is 0. The summed E-state index contributed by atoms with van der Waals surface area (Å²) in [5.41, 5.74) is 1.25. The van der Waals surface area contributed by atoms with Gasteiger partial charge in [0.25, 0.3) is 5.91 Å². The number of nitrogens with one attached hydrogen (secondary N) is 1. The molecule has 2 aromatic rings. The molecule has 1 saturated heterocycles. The van der Waals surface area contributed by atoms with Crippen molar-refractivity contribution in [2.45, 2.75) is 25.4 Å². The topological polar surface area (TPSA) is 73.9 Å². The molecule has 7 heteroatoms. The molecule has 1 aliphatic heterocycles. The van der Waals surface area contributed by atoms with Crippen LogP contribution in [0.5, 0.6) is 5.75 Å². The van der Waals surface area contributed by atoms with Crippen molar-refractivity contribution in [1.82, 2.24) is 5.32 Å². The molecule has 2 aromatic carbocycles. The van der Waals surface area contributed by atoms with E-state index in [-0.39, 0.29) is 18.5 Å². The highest BCUT2D eigenvalue weighted by Gasteiger charge is 2.16. The second kappa shape index (κ2) is 10.6. The Hall–Kier alpha value is -2.93. The largest absolute Gasteiger partial charge is 0.491 e. The summed E-state index contributed by atoms with van der Waals surface area (Å²) in [4.78, 5) is 23.9. The van der Waals surface area contributed by atoms with Gasteiger partial charge in [-0.05, 0) is 61.2 Å². The van der Waals surface area contributed by atoms with E-state index in [4.69, 9.17) is 14.2 Å². The van der Waals surface area contributed by atoms with Crippen LogP contribution in [0.15, 0.2) is 48.5 Å². The van der Waals surface area contributed by atoms with Crippen molar-refractivity contribution >= 4 is 11.9 Å². The summed E-state index contributed by atoms with van der Waals surface area (Å²) >= 11 is 0. The van der Waals surface area contributed by atoms with Crippen molar-refractivity contribution in [3.8, 4) is 5.75 Å². The Labute approximate surface area is 169 Å². The summed E-state index contributed by atoms with van der Waals surface area (Å²) in [6, 6.07) is 12.6. The molecule has 1 amide bonds. The number of hydrogen-bond acceptors (Lipinski definition) is 5. The minimum atomic E-state index is -0.579. The van der Waals surface area contributed by atoms with Crippen molar-refractivity contribution in [3.05, 3.63) is 65.5 Å². The normalized spacial score (nSPS) is 15.7. The van der Waals surface area contributed by atoms with Gasteiger partial charge in [-0.1, -0.05) is 12.1 Å². The van der Waals surface area contributed by atoms with Gasteiger partial charge in [-0.2, -0.15) is 0 Å². The van der Waals surface area contributed by atoms with E-state index in [0.29, 0.717) is 30.9 Å². The van der Waals surface area contributed by atoms with E-state index in [2.05, 4.69) is 5.32 Å². The van der Waals surface area contributed by atoms with Gasteiger partial charge in [0.2, 0.25) is 0 Å². The van der Waals surface area contributed by atoms with Gasteiger partial charge in [0.15, 0.2) is 6.61 Å². The Morgan fingerprint density at radius 1 is 1.10 bits per heavy atom. The van der Waals surface area contributed by atoms with Gasteiger partial charge >= 0.3 is 5.97 Å². The third-order valence-corrected chi connectivity index (χ3v) is 4.53. The number of hydrogen-bond donors (Lipinski definition) is 1. The lowest BCUT2D eigenvalue weighted by atomic mass is 10.1. The van der Waals surface area contributed by atoms with Gasteiger partial charge in [-0.15, -0.1) is 0 Å². The summed E-state index contributed by atoms with van der Waals surface area (Å²) in [6.45, 7) is 1.28. The Balaban J connectivity index is 1.34. The Kier molecular flexibility index (Phi) is 7.58. The standard InChI is InChI=1S/C22H24FNO5/c23-18-7-3-16(4-8-18)11-12-24-21(25)15-29-22(26)17-5-9-19(10-6-17)28-14-20-2-1-13-27-20/h3-10,20H,1-2,11-15H2,(H,24,25)/t20-/m0/s1. The number of benzene rings is 2. The van der Waals surface area contributed by atoms with E-state index < -0.39 is 11.9 Å². The first-order valence-corrected chi connectivity index (χ1v) is 9.63. The Bertz CT molecular complexity index is 801. The molecule has 0 aliphatic carbocycles. The number of halogens is 1. The van der Waals surface area contributed by atoms with Crippen LogP contribution in [-0.4, -0.2) is 44.3 Å².